The second-order valence-corrected chi connectivity index (χ2v) is 4.68. The predicted molar refractivity (Wildman–Crippen MR) is 62.5 cm³/mol. The first kappa shape index (κ1) is 11.7. The van der Waals surface area contributed by atoms with E-state index in [-0.39, 0.29) is 16.3 Å². The molecule has 1 aliphatic carbocycles. The van der Waals surface area contributed by atoms with Gasteiger partial charge in [0, 0.05) is 17.5 Å². The topological polar surface area (TPSA) is 35.2 Å². The maximum Gasteiger partial charge on any atom is 0.149 e. The zero-order valence-electron chi connectivity index (χ0n) is 9.22. The molecule has 0 amide bonds. The molecule has 4 heteroatoms. The van der Waals surface area contributed by atoms with Gasteiger partial charge in [0.25, 0.3) is 0 Å². The van der Waals surface area contributed by atoms with Crippen LogP contribution in [0.25, 0.3) is 0 Å². The largest absolute Gasteiger partial charge is 0.496 e. The van der Waals surface area contributed by atoms with Gasteiger partial charge in [-0.25, -0.2) is 4.39 Å². The Balaban J connectivity index is 2.56. The molecular weight excluding hydrogens is 229 g/mol. The summed E-state index contributed by atoms with van der Waals surface area (Å²) in [4.78, 5) is 0. The monoisotopic (exact) mass is 243 g/mol. The number of methoxy groups -OCH3 is 1. The average Bonchev–Trinajstić information content (AvgIpc) is 2.23. The Morgan fingerprint density at radius 3 is 2.62 bits per heavy atom. The maximum atomic E-state index is 14.1. The molecule has 1 aromatic rings. The highest BCUT2D eigenvalue weighted by Gasteiger charge is 2.42. The number of hydrogen-bond donors (Lipinski definition) is 1. The highest BCUT2D eigenvalue weighted by atomic mass is 35.5. The van der Waals surface area contributed by atoms with Gasteiger partial charge in [-0.15, -0.1) is 0 Å². The van der Waals surface area contributed by atoms with E-state index in [1.165, 1.54) is 13.2 Å². The molecule has 0 radical (unpaired) electrons. The van der Waals surface area contributed by atoms with Crippen LogP contribution in [0.4, 0.5) is 4.39 Å². The minimum Gasteiger partial charge on any atom is -0.496 e. The number of benzene rings is 1. The average molecular weight is 244 g/mol. The van der Waals surface area contributed by atoms with E-state index in [2.05, 4.69) is 0 Å². The van der Waals surface area contributed by atoms with Crippen LogP contribution >= 0.6 is 11.6 Å². The smallest absolute Gasteiger partial charge is 0.149 e. The molecule has 1 aliphatic rings. The molecule has 1 fully saturated rings. The summed E-state index contributed by atoms with van der Waals surface area (Å²) in [5.74, 6) is 0.165. The molecule has 88 valence electrons. The molecule has 1 saturated carbocycles. The molecule has 0 atom stereocenters. The highest BCUT2D eigenvalue weighted by molar-refractivity contribution is 6.30. The molecule has 2 N–H and O–H groups in total. The first-order valence-electron chi connectivity index (χ1n) is 5.37. The van der Waals surface area contributed by atoms with E-state index < -0.39 is 0 Å². The zero-order valence-corrected chi connectivity index (χ0v) is 9.98. The lowest BCUT2D eigenvalue weighted by Crippen LogP contribution is -2.42. The van der Waals surface area contributed by atoms with Gasteiger partial charge in [-0.05, 0) is 25.0 Å². The second-order valence-electron chi connectivity index (χ2n) is 4.28. The molecule has 0 bridgehead atoms. The van der Waals surface area contributed by atoms with E-state index in [9.17, 15) is 4.39 Å². The lowest BCUT2D eigenvalue weighted by molar-refractivity contribution is 0.234. The number of rotatable bonds is 3. The Morgan fingerprint density at radius 2 is 2.19 bits per heavy atom. The Labute approximate surface area is 99.5 Å². The number of halogens is 2. The van der Waals surface area contributed by atoms with Crippen molar-refractivity contribution in [2.75, 3.05) is 13.7 Å². The SMILES string of the molecule is COc1ccc(Cl)c(F)c1C1(CN)CCC1. The summed E-state index contributed by atoms with van der Waals surface area (Å²) in [5, 5.41) is 0.135. The van der Waals surface area contributed by atoms with Gasteiger partial charge in [-0.2, -0.15) is 0 Å². The number of ether oxygens (including phenoxy) is 1. The van der Waals surface area contributed by atoms with Gasteiger partial charge in [-0.1, -0.05) is 18.0 Å². The van der Waals surface area contributed by atoms with Crippen molar-refractivity contribution in [3.8, 4) is 5.75 Å². The van der Waals surface area contributed by atoms with Gasteiger partial charge in [0.1, 0.15) is 11.6 Å². The summed E-state index contributed by atoms with van der Waals surface area (Å²) in [6.07, 6.45) is 2.88. The van der Waals surface area contributed by atoms with E-state index in [0.29, 0.717) is 17.9 Å². The van der Waals surface area contributed by atoms with Crippen LogP contribution in [0.5, 0.6) is 5.75 Å². The molecule has 0 aromatic heterocycles. The Kier molecular flexibility index (Phi) is 3.08. The van der Waals surface area contributed by atoms with Crippen LogP contribution in [0, 0.1) is 5.82 Å². The van der Waals surface area contributed by atoms with Crippen molar-refractivity contribution in [1.29, 1.82) is 0 Å². The fraction of sp³-hybridized carbons (Fsp3) is 0.500. The van der Waals surface area contributed by atoms with Crippen molar-refractivity contribution in [2.24, 2.45) is 5.73 Å². The van der Waals surface area contributed by atoms with Crippen LogP contribution in [0.15, 0.2) is 12.1 Å². The number of hydrogen-bond acceptors (Lipinski definition) is 2. The van der Waals surface area contributed by atoms with Gasteiger partial charge in [0.15, 0.2) is 0 Å². The molecule has 2 nitrogen and oxygen atoms in total. The maximum absolute atomic E-state index is 14.1. The summed E-state index contributed by atoms with van der Waals surface area (Å²) in [6, 6.07) is 3.22. The molecule has 0 spiro atoms. The van der Waals surface area contributed by atoms with Crippen molar-refractivity contribution in [3.63, 3.8) is 0 Å². The molecular formula is C12H15ClFNO. The Hall–Kier alpha value is -0.800. The third-order valence-electron chi connectivity index (χ3n) is 3.51. The minimum absolute atomic E-state index is 0.135. The van der Waals surface area contributed by atoms with Crippen LogP contribution in [0.2, 0.25) is 5.02 Å². The normalized spacial score (nSPS) is 18.0. The van der Waals surface area contributed by atoms with Crippen molar-refractivity contribution in [3.05, 3.63) is 28.5 Å². The molecule has 0 unspecified atom stereocenters. The third-order valence-corrected chi connectivity index (χ3v) is 3.80. The quantitative estimate of drug-likeness (QED) is 0.886. The predicted octanol–water partition coefficient (Wildman–Crippen LogP) is 2.87. The number of nitrogens with two attached hydrogens (primary N) is 1. The fourth-order valence-electron chi connectivity index (χ4n) is 2.36. The van der Waals surface area contributed by atoms with E-state index in [4.69, 9.17) is 22.1 Å². The Morgan fingerprint density at radius 1 is 1.50 bits per heavy atom. The molecule has 1 aromatic carbocycles. The molecule has 2 rings (SSSR count). The van der Waals surface area contributed by atoms with Crippen molar-refractivity contribution in [1.82, 2.24) is 0 Å². The standard InChI is InChI=1S/C12H15ClFNO/c1-16-9-4-3-8(13)11(14)10(9)12(7-15)5-2-6-12/h3-4H,2,5-7,15H2,1H3. The van der Waals surface area contributed by atoms with Gasteiger partial charge >= 0.3 is 0 Å². The molecule has 0 saturated heterocycles. The summed E-state index contributed by atoms with van der Waals surface area (Å²) >= 11 is 5.82. The molecule has 0 aliphatic heterocycles. The van der Waals surface area contributed by atoms with Crippen LogP contribution < -0.4 is 10.5 Å². The zero-order chi connectivity index (χ0) is 11.8. The van der Waals surface area contributed by atoms with Gasteiger partial charge in [0.2, 0.25) is 0 Å². The molecule has 16 heavy (non-hydrogen) atoms. The van der Waals surface area contributed by atoms with Crippen molar-refractivity contribution >= 4 is 11.6 Å². The first-order chi connectivity index (χ1) is 7.64. The summed E-state index contributed by atoms with van der Waals surface area (Å²) in [5.41, 5.74) is 6.05. The highest BCUT2D eigenvalue weighted by Crippen LogP contribution is 2.48. The van der Waals surface area contributed by atoms with E-state index in [0.717, 1.165) is 19.3 Å². The van der Waals surface area contributed by atoms with E-state index in [1.54, 1.807) is 6.07 Å². The summed E-state index contributed by atoms with van der Waals surface area (Å²) in [6.45, 7) is 0.431. The molecule has 0 heterocycles. The van der Waals surface area contributed by atoms with Crippen LogP contribution in [-0.4, -0.2) is 13.7 Å². The van der Waals surface area contributed by atoms with Gasteiger partial charge < -0.3 is 10.5 Å². The minimum atomic E-state index is -0.383. The first-order valence-corrected chi connectivity index (χ1v) is 5.75. The van der Waals surface area contributed by atoms with E-state index in [1.807, 2.05) is 0 Å². The fourth-order valence-corrected chi connectivity index (χ4v) is 2.51. The summed E-state index contributed by atoms with van der Waals surface area (Å²) < 4.78 is 19.3. The third kappa shape index (κ3) is 1.59. The van der Waals surface area contributed by atoms with Crippen LogP contribution in [0.3, 0.4) is 0 Å². The van der Waals surface area contributed by atoms with Gasteiger partial charge in [-0.3, -0.25) is 0 Å². The van der Waals surface area contributed by atoms with Gasteiger partial charge in [0.05, 0.1) is 12.1 Å². The lowest BCUT2D eigenvalue weighted by atomic mass is 9.64. The van der Waals surface area contributed by atoms with E-state index >= 15 is 0 Å². The van der Waals surface area contributed by atoms with Crippen LogP contribution in [-0.2, 0) is 5.41 Å². The lowest BCUT2D eigenvalue weighted by Gasteiger charge is -2.42. The van der Waals surface area contributed by atoms with Crippen molar-refractivity contribution < 1.29 is 9.13 Å². The summed E-state index contributed by atoms with van der Waals surface area (Å²) in [7, 11) is 1.54. The Bertz CT molecular complexity index is 399. The van der Waals surface area contributed by atoms with Crippen LogP contribution in [0.1, 0.15) is 24.8 Å². The second kappa shape index (κ2) is 4.22. The van der Waals surface area contributed by atoms with Crippen molar-refractivity contribution in [2.45, 2.75) is 24.7 Å².